The molecule has 0 bridgehead atoms. The number of nitrogens with zero attached hydrogens (tertiary/aromatic N) is 1. The third-order valence-corrected chi connectivity index (χ3v) is 4.84. The van der Waals surface area contributed by atoms with E-state index in [4.69, 9.17) is 0 Å². The van der Waals surface area contributed by atoms with Crippen LogP contribution in [0.15, 0.2) is 53.0 Å². The van der Waals surface area contributed by atoms with Gasteiger partial charge in [-0.3, -0.25) is 9.69 Å². The summed E-state index contributed by atoms with van der Waals surface area (Å²) in [5, 5.41) is 2.99. The zero-order chi connectivity index (χ0) is 16.9. The van der Waals surface area contributed by atoms with Crippen molar-refractivity contribution in [3.8, 4) is 0 Å². The SMILES string of the molecule is O=C(Nc1ccc(Br)cc1)[C@H]1CCCN(Cc2ccc(F)cc2)C1. The summed E-state index contributed by atoms with van der Waals surface area (Å²) in [5.74, 6) is -0.159. The lowest BCUT2D eigenvalue weighted by molar-refractivity contribution is -0.121. The third kappa shape index (κ3) is 4.65. The Balaban J connectivity index is 1.57. The Morgan fingerprint density at radius 1 is 1.17 bits per heavy atom. The molecule has 0 aliphatic carbocycles. The van der Waals surface area contributed by atoms with Crippen LogP contribution in [-0.4, -0.2) is 23.9 Å². The van der Waals surface area contributed by atoms with E-state index in [1.54, 1.807) is 12.1 Å². The van der Waals surface area contributed by atoms with Crippen molar-refractivity contribution in [2.24, 2.45) is 5.92 Å². The van der Waals surface area contributed by atoms with Gasteiger partial charge < -0.3 is 5.32 Å². The van der Waals surface area contributed by atoms with Crippen molar-refractivity contribution < 1.29 is 9.18 Å². The topological polar surface area (TPSA) is 32.3 Å². The molecule has 0 radical (unpaired) electrons. The van der Waals surface area contributed by atoms with Gasteiger partial charge >= 0.3 is 0 Å². The number of halogens is 2. The van der Waals surface area contributed by atoms with E-state index in [-0.39, 0.29) is 17.6 Å². The Hall–Kier alpha value is -1.72. The van der Waals surface area contributed by atoms with E-state index in [9.17, 15) is 9.18 Å². The van der Waals surface area contributed by atoms with Gasteiger partial charge in [0.15, 0.2) is 0 Å². The molecule has 1 aliphatic rings. The van der Waals surface area contributed by atoms with E-state index in [2.05, 4.69) is 26.1 Å². The fraction of sp³-hybridized carbons (Fsp3) is 0.316. The summed E-state index contributed by atoms with van der Waals surface area (Å²) in [5.41, 5.74) is 1.89. The molecule has 126 valence electrons. The number of anilines is 1. The van der Waals surface area contributed by atoms with Crippen LogP contribution in [0.5, 0.6) is 0 Å². The summed E-state index contributed by atoms with van der Waals surface area (Å²) in [4.78, 5) is 14.8. The minimum absolute atomic E-state index is 0.0113. The lowest BCUT2D eigenvalue weighted by atomic mass is 9.96. The highest BCUT2D eigenvalue weighted by atomic mass is 79.9. The van der Waals surface area contributed by atoms with Crippen LogP contribution >= 0.6 is 15.9 Å². The van der Waals surface area contributed by atoms with Crippen molar-refractivity contribution in [3.05, 3.63) is 64.4 Å². The van der Waals surface area contributed by atoms with Crippen molar-refractivity contribution >= 4 is 27.5 Å². The molecule has 1 heterocycles. The number of piperidine rings is 1. The first-order chi connectivity index (χ1) is 11.6. The first kappa shape index (κ1) is 17.1. The molecule has 1 fully saturated rings. The van der Waals surface area contributed by atoms with Crippen LogP contribution in [-0.2, 0) is 11.3 Å². The maximum absolute atomic E-state index is 13.0. The second kappa shape index (κ2) is 7.90. The van der Waals surface area contributed by atoms with Gasteiger partial charge in [0, 0.05) is 23.2 Å². The molecular formula is C19H20BrFN2O. The molecule has 2 aromatic rings. The predicted octanol–water partition coefficient (Wildman–Crippen LogP) is 4.44. The largest absolute Gasteiger partial charge is 0.326 e. The number of carbonyl (C=O) groups is 1. The lowest BCUT2D eigenvalue weighted by Gasteiger charge is -2.32. The minimum atomic E-state index is -0.218. The summed E-state index contributed by atoms with van der Waals surface area (Å²) < 4.78 is 14.0. The van der Waals surface area contributed by atoms with Crippen LogP contribution < -0.4 is 5.32 Å². The first-order valence-corrected chi connectivity index (χ1v) is 8.93. The average molecular weight is 391 g/mol. The van der Waals surface area contributed by atoms with Crippen LogP contribution in [0.1, 0.15) is 18.4 Å². The quantitative estimate of drug-likeness (QED) is 0.836. The highest BCUT2D eigenvalue weighted by Crippen LogP contribution is 2.21. The Labute approximate surface area is 150 Å². The van der Waals surface area contributed by atoms with E-state index >= 15 is 0 Å². The van der Waals surface area contributed by atoms with E-state index < -0.39 is 0 Å². The molecule has 1 aliphatic heterocycles. The van der Waals surface area contributed by atoms with Crippen LogP contribution in [0.3, 0.4) is 0 Å². The maximum Gasteiger partial charge on any atom is 0.228 e. The van der Waals surface area contributed by atoms with Crippen molar-refractivity contribution in [1.29, 1.82) is 0 Å². The van der Waals surface area contributed by atoms with Gasteiger partial charge in [-0.05, 0) is 61.3 Å². The first-order valence-electron chi connectivity index (χ1n) is 8.13. The smallest absolute Gasteiger partial charge is 0.228 e. The number of carbonyl (C=O) groups excluding carboxylic acids is 1. The molecule has 1 amide bonds. The zero-order valence-electron chi connectivity index (χ0n) is 13.3. The molecule has 24 heavy (non-hydrogen) atoms. The molecule has 0 aromatic heterocycles. The van der Waals surface area contributed by atoms with E-state index in [1.807, 2.05) is 24.3 Å². The normalized spacial score (nSPS) is 18.3. The van der Waals surface area contributed by atoms with Crippen molar-refractivity contribution in [1.82, 2.24) is 4.90 Å². The second-order valence-corrected chi connectivity index (χ2v) is 7.11. The average Bonchev–Trinajstić information content (AvgIpc) is 2.59. The molecule has 1 saturated heterocycles. The van der Waals surface area contributed by atoms with Gasteiger partial charge in [0.2, 0.25) is 5.91 Å². The zero-order valence-corrected chi connectivity index (χ0v) is 14.9. The number of amides is 1. The fourth-order valence-electron chi connectivity index (χ4n) is 3.04. The monoisotopic (exact) mass is 390 g/mol. The fourth-order valence-corrected chi connectivity index (χ4v) is 3.30. The van der Waals surface area contributed by atoms with Gasteiger partial charge in [0.05, 0.1) is 5.92 Å². The van der Waals surface area contributed by atoms with Gasteiger partial charge in [-0.25, -0.2) is 4.39 Å². The molecule has 0 saturated carbocycles. The highest BCUT2D eigenvalue weighted by Gasteiger charge is 2.25. The maximum atomic E-state index is 13.0. The number of hydrogen-bond acceptors (Lipinski definition) is 2. The van der Waals surface area contributed by atoms with Gasteiger partial charge in [-0.2, -0.15) is 0 Å². The van der Waals surface area contributed by atoms with Crippen molar-refractivity contribution in [2.45, 2.75) is 19.4 Å². The molecule has 5 heteroatoms. The Bertz CT molecular complexity index is 688. The Morgan fingerprint density at radius 3 is 2.58 bits per heavy atom. The van der Waals surface area contributed by atoms with Crippen LogP contribution in [0.2, 0.25) is 0 Å². The molecule has 0 spiro atoms. The molecule has 3 nitrogen and oxygen atoms in total. The summed E-state index contributed by atoms with van der Waals surface area (Å²) in [6, 6.07) is 14.2. The summed E-state index contributed by atoms with van der Waals surface area (Å²) in [6.07, 6.45) is 1.90. The molecular weight excluding hydrogens is 371 g/mol. The molecule has 3 rings (SSSR count). The van der Waals surface area contributed by atoms with E-state index in [0.29, 0.717) is 0 Å². The molecule has 1 N–H and O–H groups in total. The van der Waals surface area contributed by atoms with Crippen LogP contribution in [0.4, 0.5) is 10.1 Å². The van der Waals surface area contributed by atoms with Gasteiger partial charge in [-0.15, -0.1) is 0 Å². The van der Waals surface area contributed by atoms with Gasteiger partial charge in [0.25, 0.3) is 0 Å². The molecule has 2 aromatic carbocycles. The minimum Gasteiger partial charge on any atom is -0.326 e. The van der Waals surface area contributed by atoms with Crippen molar-refractivity contribution in [2.75, 3.05) is 18.4 Å². The number of rotatable bonds is 4. The Morgan fingerprint density at radius 2 is 1.88 bits per heavy atom. The number of likely N-dealkylation sites (tertiary alicyclic amines) is 1. The summed E-state index contributed by atoms with van der Waals surface area (Å²) >= 11 is 3.39. The summed E-state index contributed by atoms with van der Waals surface area (Å²) in [7, 11) is 0. The summed E-state index contributed by atoms with van der Waals surface area (Å²) in [6.45, 7) is 2.46. The van der Waals surface area contributed by atoms with Crippen molar-refractivity contribution in [3.63, 3.8) is 0 Å². The standard InChI is InChI=1S/C19H20BrFN2O/c20-16-5-9-18(10-6-16)22-19(24)15-2-1-11-23(13-15)12-14-3-7-17(21)8-4-14/h3-10,15H,1-2,11-13H2,(H,22,24)/t15-/m0/s1. The van der Waals surface area contributed by atoms with E-state index in [1.165, 1.54) is 12.1 Å². The molecule has 0 unspecified atom stereocenters. The number of benzene rings is 2. The third-order valence-electron chi connectivity index (χ3n) is 4.31. The lowest BCUT2D eigenvalue weighted by Crippen LogP contribution is -2.40. The highest BCUT2D eigenvalue weighted by molar-refractivity contribution is 9.10. The second-order valence-electron chi connectivity index (χ2n) is 6.20. The Kier molecular flexibility index (Phi) is 5.63. The van der Waals surface area contributed by atoms with E-state index in [0.717, 1.165) is 48.2 Å². The van der Waals surface area contributed by atoms with Gasteiger partial charge in [0.1, 0.15) is 5.82 Å². The van der Waals surface area contributed by atoms with Gasteiger partial charge in [-0.1, -0.05) is 28.1 Å². The van der Waals surface area contributed by atoms with Crippen LogP contribution in [0, 0.1) is 11.7 Å². The number of nitrogens with one attached hydrogen (secondary N) is 1. The number of hydrogen-bond donors (Lipinski definition) is 1. The molecule has 1 atom stereocenters. The van der Waals surface area contributed by atoms with Crippen LogP contribution in [0.25, 0.3) is 0 Å². The predicted molar refractivity (Wildman–Crippen MR) is 97.2 cm³/mol.